The highest BCUT2D eigenvalue weighted by Crippen LogP contribution is 2.38. The zero-order valence-corrected chi connectivity index (χ0v) is 16.4. The number of nitrogens with one attached hydrogen (secondary N) is 1. The van der Waals surface area contributed by atoms with Gasteiger partial charge in [0, 0.05) is 35.6 Å². The van der Waals surface area contributed by atoms with Crippen molar-refractivity contribution in [3.05, 3.63) is 36.8 Å². The van der Waals surface area contributed by atoms with Gasteiger partial charge in [-0.1, -0.05) is 0 Å². The molecule has 3 heterocycles. The number of pyridine rings is 1. The van der Waals surface area contributed by atoms with Gasteiger partial charge >= 0.3 is 0 Å². The molecule has 3 N–H and O–H groups in total. The van der Waals surface area contributed by atoms with Crippen molar-refractivity contribution in [2.24, 2.45) is 11.8 Å². The Morgan fingerprint density at radius 3 is 2.93 bits per heavy atom. The van der Waals surface area contributed by atoms with Crippen molar-refractivity contribution in [2.45, 2.75) is 31.9 Å². The highest BCUT2D eigenvalue weighted by Gasteiger charge is 2.43. The number of rotatable bonds is 4. The lowest BCUT2D eigenvalue weighted by molar-refractivity contribution is -0.117. The molecule has 1 aliphatic carbocycles. The number of nitrogens with two attached hydrogens (primary N) is 1. The first-order valence-corrected chi connectivity index (χ1v) is 10.2. The van der Waals surface area contributed by atoms with Gasteiger partial charge in [-0.05, 0) is 54.8 Å². The van der Waals surface area contributed by atoms with E-state index >= 15 is 0 Å². The fraction of sp³-hybridized carbons (Fsp3) is 0.364. The average molecular weight is 402 g/mol. The van der Waals surface area contributed by atoms with Crippen LogP contribution in [0.3, 0.4) is 0 Å². The van der Waals surface area contributed by atoms with E-state index < -0.39 is 0 Å². The molecule has 152 valence electrons. The minimum absolute atomic E-state index is 0.0176. The number of ether oxygens (including phenoxy) is 1. The zero-order chi connectivity index (χ0) is 20.7. The van der Waals surface area contributed by atoms with Crippen LogP contribution in [0.1, 0.15) is 31.9 Å². The molecule has 0 spiro atoms. The highest BCUT2D eigenvalue weighted by molar-refractivity contribution is 6.00. The smallest absolute Gasteiger partial charge is 0.230 e. The Morgan fingerprint density at radius 1 is 1.27 bits per heavy atom. The lowest BCUT2D eigenvalue weighted by atomic mass is 10.0. The fourth-order valence-electron chi connectivity index (χ4n) is 3.94. The second-order valence-corrected chi connectivity index (χ2v) is 7.95. The quantitative estimate of drug-likeness (QED) is 0.645. The molecule has 1 aromatic carbocycles. The second-order valence-electron chi connectivity index (χ2n) is 7.95. The summed E-state index contributed by atoms with van der Waals surface area (Å²) in [6.07, 6.45) is 9.25. The second kappa shape index (κ2) is 7.43. The third-order valence-electron chi connectivity index (χ3n) is 5.80. The average Bonchev–Trinajstić information content (AvgIpc) is 3.40. The number of nitriles is 1. The van der Waals surface area contributed by atoms with Crippen molar-refractivity contribution < 1.29 is 9.53 Å². The standard InChI is InChI=1S/C22H22N6O2/c23-9-15-6-17(15)22(29)27-20-8-14-5-13(7-19(24)18(14)11-25-20)16-10-26-28(12-16)21-3-1-2-4-30-21/h5,7-8,10-12,15,17,21H,1-4,6,24H2,(H,25,27,29)/t15-,17+,21?/m0/s1. The van der Waals surface area contributed by atoms with Crippen molar-refractivity contribution in [1.82, 2.24) is 14.8 Å². The predicted molar refractivity (Wildman–Crippen MR) is 112 cm³/mol. The Kier molecular flexibility index (Phi) is 4.60. The minimum Gasteiger partial charge on any atom is -0.398 e. The van der Waals surface area contributed by atoms with Gasteiger partial charge in [0.25, 0.3) is 0 Å². The maximum absolute atomic E-state index is 12.2. The molecule has 1 unspecified atom stereocenters. The van der Waals surface area contributed by atoms with Gasteiger partial charge < -0.3 is 15.8 Å². The third-order valence-corrected chi connectivity index (χ3v) is 5.80. The number of benzene rings is 1. The van der Waals surface area contributed by atoms with Crippen LogP contribution < -0.4 is 11.1 Å². The van der Waals surface area contributed by atoms with Crippen LogP contribution in [0.15, 0.2) is 36.8 Å². The van der Waals surface area contributed by atoms with E-state index in [9.17, 15) is 4.79 Å². The van der Waals surface area contributed by atoms with Gasteiger partial charge in [0.05, 0.1) is 24.1 Å². The number of anilines is 2. The summed E-state index contributed by atoms with van der Waals surface area (Å²) in [7, 11) is 0. The monoisotopic (exact) mass is 402 g/mol. The molecular formula is C22H22N6O2. The molecule has 2 fully saturated rings. The number of hydrogen-bond acceptors (Lipinski definition) is 6. The number of carbonyl (C=O) groups is 1. The van der Waals surface area contributed by atoms with Crippen LogP contribution >= 0.6 is 0 Å². The van der Waals surface area contributed by atoms with Crippen molar-refractivity contribution in [1.29, 1.82) is 5.26 Å². The maximum Gasteiger partial charge on any atom is 0.230 e. The van der Waals surface area contributed by atoms with Gasteiger partial charge in [-0.2, -0.15) is 10.4 Å². The minimum atomic E-state index is -0.239. The molecule has 2 aliphatic rings. The van der Waals surface area contributed by atoms with E-state index in [1.165, 1.54) is 0 Å². The molecule has 1 saturated carbocycles. The summed E-state index contributed by atoms with van der Waals surface area (Å²) in [6.45, 7) is 0.764. The van der Waals surface area contributed by atoms with Crippen molar-refractivity contribution in [2.75, 3.05) is 17.7 Å². The largest absolute Gasteiger partial charge is 0.398 e. The predicted octanol–water partition coefficient (Wildman–Crippen LogP) is 3.48. The third kappa shape index (κ3) is 3.48. The Morgan fingerprint density at radius 2 is 2.17 bits per heavy atom. The molecule has 8 heteroatoms. The number of hydrogen-bond donors (Lipinski definition) is 2. The molecule has 5 rings (SSSR count). The molecular weight excluding hydrogens is 380 g/mol. The van der Waals surface area contributed by atoms with E-state index in [1.54, 1.807) is 6.20 Å². The number of carbonyl (C=O) groups excluding carboxylic acids is 1. The summed E-state index contributed by atoms with van der Waals surface area (Å²) >= 11 is 0. The van der Waals surface area contributed by atoms with Gasteiger partial charge in [-0.25, -0.2) is 9.67 Å². The van der Waals surface area contributed by atoms with E-state index in [0.29, 0.717) is 17.9 Å². The summed E-state index contributed by atoms with van der Waals surface area (Å²) < 4.78 is 7.68. The highest BCUT2D eigenvalue weighted by atomic mass is 16.5. The maximum atomic E-state index is 12.2. The number of nitrogen functional groups attached to an aromatic ring is 1. The number of amides is 1. The van der Waals surface area contributed by atoms with Crippen LogP contribution in [-0.4, -0.2) is 27.3 Å². The Labute approximate surface area is 173 Å². The van der Waals surface area contributed by atoms with Gasteiger partial charge in [-0.15, -0.1) is 0 Å². The molecule has 30 heavy (non-hydrogen) atoms. The van der Waals surface area contributed by atoms with Crippen LogP contribution in [0.4, 0.5) is 11.5 Å². The molecule has 3 aromatic rings. The van der Waals surface area contributed by atoms with Crippen LogP contribution in [0.25, 0.3) is 21.9 Å². The molecule has 0 radical (unpaired) electrons. The molecule has 1 amide bonds. The van der Waals surface area contributed by atoms with Crippen LogP contribution in [-0.2, 0) is 9.53 Å². The van der Waals surface area contributed by atoms with Crippen LogP contribution in [0, 0.1) is 23.2 Å². The van der Waals surface area contributed by atoms with Gasteiger partial charge in [0.2, 0.25) is 5.91 Å². The Hall–Kier alpha value is -3.44. The van der Waals surface area contributed by atoms with Crippen molar-refractivity contribution >= 4 is 28.2 Å². The number of nitrogens with zero attached hydrogens (tertiary/aromatic N) is 4. The lowest BCUT2D eigenvalue weighted by Crippen LogP contribution is -2.18. The first-order chi connectivity index (χ1) is 14.6. The van der Waals surface area contributed by atoms with E-state index in [0.717, 1.165) is 47.8 Å². The van der Waals surface area contributed by atoms with Crippen molar-refractivity contribution in [3.8, 4) is 17.2 Å². The van der Waals surface area contributed by atoms with Gasteiger partial charge in [0.1, 0.15) is 12.0 Å². The summed E-state index contributed by atoms with van der Waals surface area (Å²) in [5, 5.41) is 17.9. The first kappa shape index (κ1) is 18.6. The molecule has 1 saturated heterocycles. The van der Waals surface area contributed by atoms with Gasteiger partial charge in [-0.3, -0.25) is 4.79 Å². The first-order valence-electron chi connectivity index (χ1n) is 10.2. The molecule has 3 atom stereocenters. The summed E-state index contributed by atoms with van der Waals surface area (Å²) in [5.74, 6) is -0.126. The van der Waals surface area contributed by atoms with Crippen LogP contribution in [0.5, 0.6) is 0 Å². The molecule has 1 aliphatic heterocycles. The summed E-state index contributed by atoms with van der Waals surface area (Å²) in [4.78, 5) is 16.5. The summed E-state index contributed by atoms with van der Waals surface area (Å²) in [6, 6.07) is 7.87. The van der Waals surface area contributed by atoms with E-state index in [-0.39, 0.29) is 24.0 Å². The fourth-order valence-corrected chi connectivity index (χ4v) is 3.94. The molecule has 2 aromatic heterocycles. The molecule has 0 bridgehead atoms. The van der Waals surface area contributed by atoms with Gasteiger partial charge in [0.15, 0.2) is 0 Å². The lowest BCUT2D eigenvalue weighted by Gasteiger charge is -2.22. The van der Waals surface area contributed by atoms with E-state index in [2.05, 4.69) is 21.5 Å². The van der Waals surface area contributed by atoms with E-state index in [4.69, 9.17) is 15.7 Å². The number of fused-ring (bicyclic) bond motifs is 1. The topological polar surface area (TPSA) is 119 Å². The summed E-state index contributed by atoms with van der Waals surface area (Å²) in [5.41, 5.74) is 8.78. The number of aromatic nitrogens is 3. The van der Waals surface area contributed by atoms with E-state index in [1.807, 2.05) is 35.3 Å². The Bertz CT molecular complexity index is 1160. The Balaban J connectivity index is 1.41. The van der Waals surface area contributed by atoms with Crippen molar-refractivity contribution in [3.63, 3.8) is 0 Å². The molecule has 8 nitrogen and oxygen atoms in total. The van der Waals surface area contributed by atoms with Crippen LogP contribution in [0.2, 0.25) is 0 Å². The SMILES string of the molecule is N#C[C@@H]1C[C@H]1C(=O)Nc1cc2cc(-c3cnn(C4CCCCO4)c3)cc(N)c2cn1. The normalized spacial score (nSPS) is 23.1. The zero-order valence-electron chi connectivity index (χ0n) is 16.4.